The lowest BCUT2D eigenvalue weighted by Gasteiger charge is -1.91. The first-order valence-corrected chi connectivity index (χ1v) is 3.63. The van der Waals surface area contributed by atoms with E-state index in [-0.39, 0.29) is 12.1 Å². The Balaban J connectivity index is 2.24. The van der Waals surface area contributed by atoms with Gasteiger partial charge in [0, 0.05) is 6.07 Å². The van der Waals surface area contributed by atoms with Crippen LogP contribution in [0.2, 0.25) is 0 Å². The van der Waals surface area contributed by atoms with Crippen LogP contribution in [0.25, 0.3) is 0 Å². The van der Waals surface area contributed by atoms with Crippen LogP contribution in [-0.4, -0.2) is 24.9 Å². The summed E-state index contributed by atoms with van der Waals surface area (Å²) in [6.45, 7) is 0.208. The van der Waals surface area contributed by atoms with Gasteiger partial charge < -0.3 is 4.52 Å². The van der Waals surface area contributed by atoms with Crippen LogP contribution in [0.4, 0.5) is 0 Å². The molecule has 0 saturated heterocycles. The smallest absolute Gasteiger partial charge is 0.282 e. The Morgan fingerprint density at radius 2 is 2.46 bits per heavy atom. The quantitative estimate of drug-likeness (QED) is 0.594. The van der Waals surface area contributed by atoms with Crippen LogP contribution < -0.4 is 5.56 Å². The molecule has 0 fully saturated rings. The lowest BCUT2D eigenvalue weighted by molar-refractivity contribution is 0.273. The monoisotopic (exact) mass is 181 g/mol. The van der Waals surface area contributed by atoms with Gasteiger partial charge in [-0.25, -0.2) is 0 Å². The molecule has 7 heteroatoms. The lowest BCUT2D eigenvalue weighted by Crippen LogP contribution is -2.15. The number of aryl methyl sites for hydroxylation is 1. The van der Waals surface area contributed by atoms with Crippen molar-refractivity contribution in [3.05, 3.63) is 28.5 Å². The van der Waals surface area contributed by atoms with Crippen molar-refractivity contribution in [3.8, 4) is 0 Å². The van der Waals surface area contributed by atoms with Crippen molar-refractivity contribution in [2.75, 3.05) is 0 Å². The van der Waals surface area contributed by atoms with E-state index in [9.17, 15) is 4.79 Å². The Morgan fingerprint density at radius 1 is 1.62 bits per heavy atom. The Hall–Kier alpha value is -1.92. The van der Waals surface area contributed by atoms with Gasteiger partial charge in [-0.2, -0.15) is 9.54 Å². The minimum absolute atomic E-state index is 0.208. The molecule has 0 N–H and O–H groups in total. The predicted molar refractivity (Wildman–Crippen MR) is 40.9 cm³/mol. The van der Waals surface area contributed by atoms with Crippen molar-refractivity contribution in [2.45, 2.75) is 6.54 Å². The molecule has 0 unspecified atom stereocenters. The van der Waals surface area contributed by atoms with Crippen molar-refractivity contribution in [2.24, 2.45) is 7.05 Å². The zero-order chi connectivity index (χ0) is 9.26. The molecule has 0 aliphatic heterocycles. The SMILES string of the molecule is Cn1nnc(Cn2occc2=O)n1. The van der Waals surface area contributed by atoms with E-state index in [0.717, 1.165) is 4.74 Å². The molecule has 2 rings (SSSR count). The zero-order valence-corrected chi connectivity index (χ0v) is 6.91. The van der Waals surface area contributed by atoms with Crippen molar-refractivity contribution >= 4 is 0 Å². The molecule has 2 aromatic heterocycles. The molecule has 0 radical (unpaired) electrons. The van der Waals surface area contributed by atoms with Gasteiger partial charge in [-0.3, -0.25) is 4.79 Å². The van der Waals surface area contributed by atoms with E-state index >= 15 is 0 Å². The summed E-state index contributed by atoms with van der Waals surface area (Å²) in [5.74, 6) is 0.444. The van der Waals surface area contributed by atoms with Gasteiger partial charge in [-0.05, 0) is 5.21 Å². The van der Waals surface area contributed by atoms with E-state index in [1.165, 1.54) is 17.1 Å². The number of tetrazole rings is 1. The third-order valence-electron chi connectivity index (χ3n) is 1.48. The fourth-order valence-electron chi connectivity index (χ4n) is 0.927. The van der Waals surface area contributed by atoms with E-state index in [0.29, 0.717) is 5.82 Å². The third-order valence-corrected chi connectivity index (χ3v) is 1.48. The summed E-state index contributed by atoms with van der Waals surface area (Å²) in [6, 6.07) is 1.33. The van der Waals surface area contributed by atoms with Crippen LogP contribution in [0.15, 0.2) is 21.6 Å². The molecule has 0 aromatic carbocycles. The van der Waals surface area contributed by atoms with Gasteiger partial charge in [-0.1, -0.05) is 0 Å². The molecule has 0 atom stereocenters. The number of aromatic nitrogens is 5. The zero-order valence-electron chi connectivity index (χ0n) is 6.91. The highest BCUT2D eigenvalue weighted by atomic mass is 16.5. The van der Waals surface area contributed by atoms with Gasteiger partial charge in [0.2, 0.25) is 0 Å². The molecule has 2 heterocycles. The van der Waals surface area contributed by atoms with Gasteiger partial charge in [0.1, 0.15) is 12.8 Å². The summed E-state index contributed by atoms with van der Waals surface area (Å²) in [4.78, 5) is 12.3. The first kappa shape index (κ1) is 7.71. The Labute approximate surface area is 72.5 Å². The van der Waals surface area contributed by atoms with Crippen LogP contribution in [-0.2, 0) is 13.6 Å². The second-order valence-electron chi connectivity index (χ2n) is 2.48. The molecular formula is C6H7N5O2. The molecular weight excluding hydrogens is 174 g/mol. The van der Waals surface area contributed by atoms with Crippen LogP contribution in [0.5, 0.6) is 0 Å². The highest BCUT2D eigenvalue weighted by molar-refractivity contribution is 4.82. The van der Waals surface area contributed by atoms with E-state index in [1.807, 2.05) is 0 Å². The van der Waals surface area contributed by atoms with E-state index in [2.05, 4.69) is 15.4 Å². The molecule has 2 aromatic rings. The predicted octanol–water partition coefficient (Wildman–Crippen LogP) is -0.987. The minimum Gasteiger partial charge on any atom is -0.384 e. The molecule has 0 amide bonds. The van der Waals surface area contributed by atoms with Crippen LogP contribution in [0.1, 0.15) is 5.82 Å². The number of nitrogens with zero attached hydrogens (tertiary/aromatic N) is 5. The van der Waals surface area contributed by atoms with Crippen LogP contribution in [0, 0.1) is 0 Å². The third kappa shape index (κ3) is 1.48. The maximum Gasteiger partial charge on any atom is 0.282 e. The molecule has 68 valence electrons. The summed E-state index contributed by atoms with van der Waals surface area (Å²) in [7, 11) is 1.65. The molecule has 13 heavy (non-hydrogen) atoms. The lowest BCUT2D eigenvalue weighted by atomic mass is 10.6. The molecule has 0 spiro atoms. The fraction of sp³-hybridized carbons (Fsp3) is 0.333. The average Bonchev–Trinajstić information content (AvgIpc) is 2.64. The summed E-state index contributed by atoms with van der Waals surface area (Å²) < 4.78 is 6.01. The van der Waals surface area contributed by atoms with Gasteiger partial charge in [0.15, 0.2) is 5.82 Å². The van der Waals surface area contributed by atoms with Gasteiger partial charge in [0.25, 0.3) is 5.56 Å². The number of rotatable bonds is 2. The van der Waals surface area contributed by atoms with E-state index in [1.54, 1.807) is 7.05 Å². The first-order valence-electron chi connectivity index (χ1n) is 3.63. The van der Waals surface area contributed by atoms with Crippen molar-refractivity contribution < 1.29 is 4.52 Å². The maximum atomic E-state index is 11.0. The Kier molecular flexibility index (Phi) is 1.69. The highest BCUT2D eigenvalue weighted by Gasteiger charge is 2.04. The van der Waals surface area contributed by atoms with Gasteiger partial charge in [0.05, 0.1) is 7.05 Å². The van der Waals surface area contributed by atoms with E-state index in [4.69, 9.17) is 4.52 Å². The first-order chi connectivity index (χ1) is 6.25. The molecule has 0 aliphatic rings. The normalized spacial score (nSPS) is 10.5. The molecule has 7 nitrogen and oxygen atoms in total. The Bertz CT molecular complexity index is 453. The van der Waals surface area contributed by atoms with Gasteiger partial charge >= 0.3 is 0 Å². The highest BCUT2D eigenvalue weighted by Crippen LogP contribution is 1.89. The van der Waals surface area contributed by atoms with E-state index < -0.39 is 0 Å². The minimum atomic E-state index is -0.215. The molecule has 0 saturated carbocycles. The molecule has 0 bridgehead atoms. The van der Waals surface area contributed by atoms with Crippen molar-refractivity contribution in [1.29, 1.82) is 0 Å². The largest absolute Gasteiger partial charge is 0.384 e. The second kappa shape index (κ2) is 2.85. The standard InChI is InChI=1S/C6H7N5O2/c1-10-8-5(7-9-10)4-11-6(12)2-3-13-11/h2-3H,4H2,1H3. The van der Waals surface area contributed by atoms with Gasteiger partial charge in [-0.15, -0.1) is 10.2 Å². The second-order valence-corrected chi connectivity index (χ2v) is 2.48. The summed E-state index contributed by atoms with van der Waals surface area (Å²) >= 11 is 0. The molecule has 0 aliphatic carbocycles. The van der Waals surface area contributed by atoms with Crippen LogP contribution in [0.3, 0.4) is 0 Å². The topological polar surface area (TPSA) is 78.7 Å². The average molecular weight is 181 g/mol. The number of hydrogen-bond donors (Lipinski definition) is 0. The summed E-state index contributed by atoms with van der Waals surface area (Å²) in [5, 5.41) is 11.2. The van der Waals surface area contributed by atoms with Crippen molar-refractivity contribution in [1.82, 2.24) is 24.9 Å². The Morgan fingerprint density at radius 3 is 3.00 bits per heavy atom. The summed E-state index contributed by atoms with van der Waals surface area (Å²) in [6.07, 6.45) is 1.32. The fourth-order valence-corrected chi connectivity index (χ4v) is 0.927. The van der Waals surface area contributed by atoms with Crippen molar-refractivity contribution in [3.63, 3.8) is 0 Å². The number of hydrogen-bond acceptors (Lipinski definition) is 5. The summed E-state index contributed by atoms with van der Waals surface area (Å²) in [5.41, 5.74) is -0.215. The maximum absolute atomic E-state index is 11.0. The van der Waals surface area contributed by atoms with Crippen LogP contribution >= 0.6 is 0 Å².